The Kier molecular flexibility index (Phi) is 3.61. The Labute approximate surface area is 87.1 Å². The predicted molar refractivity (Wildman–Crippen MR) is 54.5 cm³/mol. The molecule has 1 aromatic carbocycles. The van der Waals surface area contributed by atoms with Gasteiger partial charge in [-0.3, -0.25) is 0 Å². The minimum absolute atomic E-state index is 0.155. The number of hydrogen-bond donors (Lipinski definition) is 1. The maximum absolute atomic E-state index is 12.6. The van der Waals surface area contributed by atoms with Gasteiger partial charge in [0.05, 0.1) is 5.56 Å². The molecule has 0 heterocycles. The van der Waals surface area contributed by atoms with E-state index in [4.69, 9.17) is 5.73 Å². The Morgan fingerprint density at radius 1 is 1.27 bits per heavy atom. The maximum atomic E-state index is 12.6. The second-order valence-electron chi connectivity index (χ2n) is 3.52. The standard InChI is InChI=1S/C11H14F3N/c1-2-3-4-8-5-6-9(15)7-10(8)11(12,13)14/h5-7H,2-4,15H2,1H3. The summed E-state index contributed by atoms with van der Waals surface area (Å²) in [5.74, 6) is 0. The summed E-state index contributed by atoms with van der Waals surface area (Å²) in [6.07, 6.45) is -2.22. The molecule has 84 valence electrons. The lowest BCUT2D eigenvalue weighted by Crippen LogP contribution is -2.10. The van der Waals surface area contributed by atoms with Crippen molar-refractivity contribution in [1.29, 1.82) is 0 Å². The van der Waals surface area contributed by atoms with E-state index in [1.807, 2.05) is 6.92 Å². The van der Waals surface area contributed by atoms with Crippen molar-refractivity contribution in [2.24, 2.45) is 0 Å². The van der Waals surface area contributed by atoms with E-state index >= 15 is 0 Å². The number of rotatable bonds is 3. The summed E-state index contributed by atoms with van der Waals surface area (Å²) < 4.78 is 37.8. The number of benzene rings is 1. The molecule has 2 N–H and O–H groups in total. The average molecular weight is 217 g/mol. The van der Waals surface area contributed by atoms with Crippen LogP contribution in [0.25, 0.3) is 0 Å². The summed E-state index contributed by atoms with van der Waals surface area (Å²) >= 11 is 0. The normalized spacial score (nSPS) is 11.7. The molecular formula is C11H14F3N. The van der Waals surface area contributed by atoms with E-state index < -0.39 is 11.7 Å². The predicted octanol–water partition coefficient (Wildman–Crippen LogP) is 3.63. The zero-order valence-corrected chi connectivity index (χ0v) is 8.56. The highest BCUT2D eigenvalue weighted by atomic mass is 19.4. The smallest absolute Gasteiger partial charge is 0.399 e. The molecule has 0 radical (unpaired) electrons. The van der Waals surface area contributed by atoms with Gasteiger partial charge in [0.15, 0.2) is 0 Å². The number of nitrogen functional groups attached to an aromatic ring is 1. The van der Waals surface area contributed by atoms with Gasteiger partial charge < -0.3 is 5.73 Å². The van der Waals surface area contributed by atoms with Crippen LogP contribution >= 0.6 is 0 Å². The largest absolute Gasteiger partial charge is 0.416 e. The zero-order valence-electron chi connectivity index (χ0n) is 8.56. The first kappa shape index (κ1) is 11.9. The number of anilines is 1. The molecule has 0 aliphatic rings. The van der Waals surface area contributed by atoms with Crippen LogP contribution in [-0.4, -0.2) is 0 Å². The Morgan fingerprint density at radius 2 is 1.93 bits per heavy atom. The molecule has 1 nitrogen and oxygen atoms in total. The lowest BCUT2D eigenvalue weighted by atomic mass is 10.0. The molecule has 15 heavy (non-hydrogen) atoms. The van der Waals surface area contributed by atoms with Crippen LogP contribution in [0, 0.1) is 0 Å². The zero-order chi connectivity index (χ0) is 11.5. The molecule has 0 atom stereocenters. The van der Waals surface area contributed by atoms with Crippen molar-refractivity contribution in [3.05, 3.63) is 29.3 Å². The van der Waals surface area contributed by atoms with Crippen molar-refractivity contribution in [3.8, 4) is 0 Å². The van der Waals surface area contributed by atoms with Gasteiger partial charge in [-0.25, -0.2) is 0 Å². The van der Waals surface area contributed by atoms with Crippen molar-refractivity contribution in [1.82, 2.24) is 0 Å². The summed E-state index contributed by atoms with van der Waals surface area (Å²) in [6.45, 7) is 1.95. The van der Waals surface area contributed by atoms with E-state index in [-0.39, 0.29) is 5.69 Å². The van der Waals surface area contributed by atoms with Crippen molar-refractivity contribution in [3.63, 3.8) is 0 Å². The molecule has 0 fully saturated rings. The van der Waals surface area contributed by atoms with Gasteiger partial charge in [0.25, 0.3) is 0 Å². The minimum Gasteiger partial charge on any atom is -0.399 e. The van der Waals surface area contributed by atoms with Crippen molar-refractivity contribution in [2.75, 3.05) is 5.73 Å². The Morgan fingerprint density at radius 3 is 2.47 bits per heavy atom. The lowest BCUT2D eigenvalue weighted by Gasteiger charge is -2.13. The second kappa shape index (κ2) is 4.55. The Balaban J connectivity index is 3.04. The molecule has 0 unspecified atom stereocenters. The summed E-state index contributed by atoms with van der Waals surface area (Å²) in [4.78, 5) is 0. The summed E-state index contributed by atoms with van der Waals surface area (Å²) in [6, 6.07) is 3.99. The fraction of sp³-hybridized carbons (Fsp3) is 0.455. The highest BCUT2D eigenvalue weighted by Crippen LogP contribution is 2.33. The molecule has 0 spiro atoms. The van der Waals surface area contributed by atoms with Crippen LogP contribution in [0.1, 0.15) is 30.9 Å². The van der Waals surface area contributed by atoms with Gasteiger partial charge >= 0.3 is 6.18 Å². The number of alkyl halides is 3. The summed E-state index contributed by atoms with van der Waals surface area (Å²) in [5, 5.41) is 0. The van der Waals surface area contributed by atoms with Gasteiger partial charge in [-0.05, 0) is 30.5 Å². The highest BCUT2D eigenvalue weighted by molar-refractivity contribution is 5.46. The van der Waals surface area contributed by atoms with Crippen LogP contribution in [0.3, 0.4) is 0 Å². The number of halogens is 3. The van der Waals surface area contributed by atoms with Crippen LogP contribution in [-0.2, 0) is 12.6 Å². The number of hydrogen-bond acceptors (Lipinski definition) is 1. The van der Waals surface area contributed by atoms with Gasteiger partial charge in [-0.1, -0.05) is 19.4 Å². The minimum atomic E-state index is -4.31. The molecule has 0 aliphatic carbocycles. The topological polar surface area (TPSA) is 26.0 Å². The molecule has 1 rings (SSSR count). The van der Waals surface area contributed by atoms with Gasteiger partial charge in [0, 0.05) is 5.69 Å². The number of aryl methyl sites for hydroxylation is 1. The fourth-order valence-corrected chi connectivity index (χ4v) is 1.44. The monoisotopic (exact) mass is 217 g/mol. The van der Waals surface area contributed by atoms with Crippen LogP contribution in [0.15, 0.2) is 18.2 Å². The Hall–Kier alpha value is -1.19. The highest BCUT2D eigenvalue weighted by Gasteiger charge is 2.33. The maximum Gasteiger partial charge on any atom is 0.416 e. The first-order valence-electron chi connectivity index (χ1n) is 4.90. The quantitative estimate of drug-likeness (QED) is 0.768. The first-order chi connectivity index (χ1) is 6.95. The lowest BCUT2D eigenvalue weighted by molar-refractivity contribution is -0.138. The molecule has 0 saturated heterocycles. The first-order valence-corrected chi connectivity index (χ1v) is 4.90. The third kappa shape index (κ3) is 3.15. The van der Waals surface area contributed by atoms with Gasteiger partial charge in [0.2, 0.25) is 0 Å². The van der Waals surface area contributed by atoms with E-state index in [0.717, 1.165) is 18.9 Å². The number of unbranched alkanes of at least 4 members (excludes halogenated alkanes) is 1. The van der Waals surface area contributed by atoms with Gasteiger partial charge in [-0.2, -0.15) is 13.2 Å². The summed E-state index contributed by atoms with van der Waals surface area (Å²) in [7, 11) is 0. The second-order valence-corrected chi connectivity index (χ2v) is 3.52. The molecule has 0 saturated carbocycles. The van der Waals surface area contributed by atoms with Gasteiger partial charge in [0.1, 0.15) is 0 Å². The third-order valence-corrected chi connectivity index (χ3v) is 2.24. The van der Waals surface area contributed by atoms with E-state index in [2.05, 4.69) is 0 Å². The molecule has 0 amide bonds. The van der Waals surface area contributed by atoms with Crippen LogP contribution in [0.5, 0.6) is 0 Å². The van der Waals surface area contributed by atoms with E-state index in [0.29, 0.717) is 12.0 Å². The average Bonchev–Trinajstić information content (AvgIpc) is 2.14. The third-order valence-electron chi connectivity index (χ3n) is 2.24. The van der Waals surface area contributed by atoms with Crippen LogP contribution in [0.4, 0.5) is 18.9 Å². The number of nitrogens with two attached hydrogens (primary N) is 1. The molecular weight excluding hydrogens is 203 g/mol. The van der Waals surface area contributed by atoms with Crippen molar-refractivity contribution < 1.29 is 13.2 Å². The molecule has 4 heteroatoms. The van der Waals surface area contributed by atoms with E-state index in [1.54, 1.807) is 0 Å². The fourth-order valence-electron chi connectivity index (χ4n) is 1.44. The molecule has 0 aromatic heterocycles. The molecule has 0 bridgehead atoms. The van der Waals surface area contributed by atoms with E-state index in [9.17, 15) is 13.2 Å². The SMILES string of the molecule is CCCCc1ccc(N)cc1C(F)(F)F. The van der Waals surface area contributed by atoms with Gasteiger partial charge in [-0.15, -0.1) is 0 Å². The molecule has 0 aliphatic heterocycles. The van der Waals surface area contributed by atoms with Crippen molar-refractivity contribution >= 4 is 5.69 Å². The van der Waals surface area contributed by atoms with E-state index in [1.165, 1.54) is 12.1 Å². The Bertz CT molecular complexity index is 331. The molecule has 1 aromatic rings. The van der Waals surface area contributed by atoms with Crippen LogP contribution < -0.4 is 5.73 Å². The van der Waals surface area contributed by atoms with Crippen molar-refractivity contribution in [2.45, 2.75) is 32.4 Å². The van der Waals surface area contributed by atoms with Crippen LogP contribution in [0.2, 0.25) is 0 Å². The summed E-state index contributed by atoms with van der Waals surface area (Å²) in [5.41, 5.74) is 5.24.